The summed E-state index contributed by atoms with van der Waals surface area (Å²) in [6, 6.07) is -0.166. The molecule has 2 saturated heterocycles. The van der Waals surface area contributed by atoms with Gasteiger partial charge in [0.1, 0.15) is 5.60 Å². The molecule has 2 rings (SSSR count). The van der Waals surface area contributed by atoms with E-state index in [9.17, 15) is 9.59 Å². The van der Waals surface area contributed by atoms with Crippen LogP contribution in [0, 0.1) is 5.92 Å². The lowest BCUT2D eigenvalue weighted by atomic mass is 9.97. The van der Waals surface area contributed by atoms with Crippen molar-refractivity contribution in [3.63, 3.8) is 0 Å². The number of ether oxygens (including phenoxy) is 2. The van der Waals surface area contributed by atoms with Crippen LogP contribution in [-0.2, 0) is 14.3 Å². The Bertz CT molecular complexity index is 362. The summed E-state index contributed by atoms with van der Waals surface area (Å²) in [4.78, 5) is 24.6. The van der Waals surface area contributed by atoms with Crippen LogP contribution >= 0.6 is 0 Å². The molecule has 1 amide bonds. The molecule has 0 bridgehead atoms. The van der Waals surface area contributed by atoms with Crippen LogP contribution < -0.4 is 0 Å². The van der Waals surface area contributed by atoms with E-state index in [1.54, 1.807) is 4.90 Å². The number of fused-ring (bicyclic) bond motifs is 1. The van der Waals surface area contributed by atoms with E-state index >= 15 is 0 Å². The first-order valence-corrected chi connectivity index (χ1v) is 6.13. The highest BCUT2D eigenvalue weighted by Gasteiger charge is 2.50. The predicted molar refractivity (Wildman–Crippen MR) is 62.2 cm³/mol. The first-order chi connectivity index (χ1) is 8.29. The van der Waals surface area contributed by atoms with E-state index in [2.05, 4.69) is 0 Å². The molecule has 6 nitrogen and oxygen atoms in total. The molecule has 6 heteroatoms. The summed E-state index contributed by atoms with van der Waals surface area (Å²) < 4.78 is 10.6. The van der Waals surface area contributed by atoms with Gasteiger partial charge in [-0.1, -0.05) is 0 Å². The van der Waals surface area contributed by atoms with Crippen molar-refractivity contribution in [3.8, 4) is 0 Å². The number of amides is 1. The molecule has 3 unspecified atom stereocenters. The first-order valence-electron chi connectivity index (χ1n) is 6.13. The molecule has 3 atom stereocenters. The van der Waals surface area contributed by atoms with Gasteiger partial charge < -0.3 is 19.5 Å². The van der Waals surface area contributed by atoms with Crippen molar-refractivity contribution in [3.05, 3.63) is 0 Å². The Balaban J connectivity index is 2.02. The number of carboxylic acids is 1. The van der Waals surface area contributed by atoms with Crippen molar-refractivity contribution >= 4 is 12.1 Å². The Hall–Kier alpha value is -1.30. The SMILES string of the molecule is CC(C)(C)OC(=O)N1CCC2C(C(=O)O)OCC21. The van der Waals surface area contributed by atoms with Crippen molar-refractivity contribution < 1.29 is 24.2 Å². The molecule has 2 aliphatic rings. The molecular formula is C12H19NO5. The quantitative estimate of drug-likeness (QED) is 0.761. The number of aliphatic carboxylic acids is 1. The fourth-order valence-corrected chi connectivity index (χ4v) is 2.57. The highest BCUT2D eigenvalue weighted by molar-refractivity contribution is 5.74. The third-order valence-electron chi connectivity index (χ3n) is 3.30. The zero-order valence-electron chi connectivity index (χ0n) is 10.9. The summed E-state index contributed by atoms with van der Waals surface area (Å²) in [5.41, 5.74) is -0.541. The van der Waals surface area contributed by atoms with Crippen molar-refractivity contribution in [2.45, 2.75) is 44.9 Å². The molecule has 2 fully saturated rings. The van der Waals surface area contributed by atoms with Crippen LogP contribution in [-0.4, -0.2) is 53.0 Å². The Labute approximate surface area is 106 Å². The Morgan fingerprint density at radius 1 is 1.39 bits per heavy atom. The van der Waals surface area contributed by atoms with Gasteiger partial charge in [-0.15, -0.1) is 0 Å². The third-order valence-corrected chi connectivity index (χ3v) is 3.30. The van der Waals surface area contributed by atoms with Gasteiger partial charge in [0.2, 0.25) is 0 Å². The number of hydrogen-bond acceptors (Lipinski definition) is 4. The molecule has 2 heterocycles. The summed E-state index contributed by atoms with van der Waals surface area (Å²) in [6.07, 6.45) is -0.520. The van der Waals surface area contributed by atoms with Gasteiger partial charge in [0.15, 0.2) is 6.10 Å². The molecule has 1 N–H and O–H groups in total. The lowest BCUT2D eigenvalue weighted by Gasteiger charge is -2.27. The van der Waals surface area contributed by atoms with Gasteiger partial charge in [-0.2, -0.15) is 0 Å². The summed E-state index contributed by atoms with van der Waals surface area (Å²) in [5, 5.41) is 9.01. The highest BCUT2D eigenvalue weighted by Crippen LogP contribution is 2.35. The van der Waals surface area contributed by atoms with Gasteiger partial charge >= 0.3 is 12.1 Å². The number of rotatable bonds is 1. The monoisotopic (exact) mass is 257 g/mol. The number of carbonyl (C=O) groups excluding carboxylic acids is 1. The maximum atomic E-state index is 12.0. The smallest absolute Gasteiger partial charge is 0.410 e. The summed E-state index contributed by atoms with van der Waals surface area (Å²) >= 11 is 0. The Morgan fingerprint density at radius 3 is 2.61 bits per heavy atom. The van der Waals surface area contributed by atoms with E-state index in [-0.39, 0.29) is 24.7 Å². The number of hydrogen-bond donors (Lipinski definition) is 1. The van der Waals surface area contributed by atoms with Crippen molar-refractivity contribution in [2.24, 2.45) is 5.92 Å². The molecule has 102 valence electrons. The van der Waals surface area contributed by atoms with E-state index in [1.807, 2.05) is 20.8 Å². The Morgan fingerprint density at radius 2 is 2.06 bits per heavy atom. The van der Waals surface area contributed by atoms with Crippen LogP contribution in [0.1, 0.15) is 27.2 Å². The lowest BCUT2D eigenvalue weighted by molar-refractivity contribution is -0.149. The fraction of sp³-hybridized carbons (Fsp3) is 0.833. The van der Waals surface area contributed by atoms with Crippen LogP contribution in [0.4, 0.5) is 4.79 Å². The van der Waals surface area contributed by atoms with Crippen LogP contribution in [0.15, 0.2) is 0 Å². The van der Waals surface area contributed by atoms with Gasteiger partial charge in [0.25, 0.3) is 0 Å². The Kier molecular flexibility index (Phi) is 3.23. The molecule has 0 aromatic heterocycles. The largest absolute Gasteiger partial charge is 0.479 e. The van der Waals surface area contributed by atoms with Crippen molar-refractivity contribution in [1.29, 1.82) is 0 Å². The maximum absolute atomic E-state index is 12.0. The minimum atomic E-state index is -0.950. The van der Waals surface area contributed by atoms with Crippen LogP contribution in [0.2, 0.25) is 0 Å². The number of carbonyl (C=O) groups is 2. The second kappa shape index (κ2) is 4.42. The van der Waals surface area contributed by atoms with Gasteiger partial charge in [0, 0.05) is 12.5 Å². The predicted octanol–water partition coefficient (Wildman–Crippen LogP) is 1.10. The first kappa shape index (κ1) is 13.1. The lowest BCUT2D eigenvalue weighted by Crippen LogP contribution is -2.42. The van der Waals surface area contributed by atoms with Gasteiger partial charge in [0.05, 0.1) is 12.6 Å². The van der Waals surface area contributed by atoms with Crippen molar-refractivity contribution in [1.82, 2.24) is 4.90 Å². The van der Waals surface area contributed by atoms with Crippen molar-refractivity contribution in [2.75, 3.05) is 13.2 Å². The molecule has 0 aromatic carbocycles. The number of likely N-dealkylation sites (tertiary alicyclic amines) is 1. The molecule has 0 aromatic rings. The van der Waals surface area contributed by atoms with E-state index in [4.69, 9.17) is 14.6 Å². The minimum absolute atomic E-state index is 0.116. The summed E-state index contributed by atoms with van der Waals surface area (Å²) in [7, 11) is 0. The summed E-state index contributed by atoms with van der Waals surface area (Å²) in [6.45, 7) is 6.25. The molecule has 0 radical (unpaired) electrons. The number of nitrogens with zero attached hydrogens (tertiary/aromatic N) is 1. The van der Waals surface area contributed by atoms with Gasteiger partial charge in [-0.05, 0) is 27.2 Å². The van der Waals surface area contributed by atoms with Gasteiger partial charge in [-0.3, -0.25) is 0 Å². The van der Waals surface area contributed by atoms with Crippen LogP contribution in [0.3, 0.4) is 0 Å². The topological polar surface area (TPSA) is 76.1 Å². The minimum Gasteiger partial charge on any atom is -0.479 e. The average molecular weight is 257 g/mol. The molecule has 2 aliphatic heterocycles. The summed E-state index contributed by atoms with van der Waals surface area (Å²) in [5.74, 6) is -1.07. The highest BCUT2D eigenvalue weighted by atomic mass is 16.6. The molecule has 0 spiro atoms. The normalized spacial score (nSPS) is 31.3. The molecule has 18 heavy (non-hydrogen) atoms. The second-order valence-corrected chi connectivity index (χ2v) is 5.79. The second-order valence-electron chi connectivity index (χ2n) is 5.79. The van der Waals surface area contributed by atoms with E-state index < -0.39 is 17.7 Å². The maximum Gasteiger partial charge on any atom is 0.410 e. The van der Waals surface area contributed by atoms with Crippen LogP contribution in [0.5, 0.6) is 0 Å². The molecule has 0 saturated carbocycles. The van der Waals surface area contributed by atoms with E-state index in [1.165, 1.54) is 0 Å². The number of carboxylic acid groups (broad SMARTS) is 1. The fourth-order valence-electron chi connectivity index (χ4n) is 2.57. The molecular weight excluding hydrogens is 238 g/mol. The average Bonchev–Trinajstić information content (AvgIpc) is 2.71. The molecule has 0 aliphatic carbocycles. The van der Waals surface area contributed by atoms with Crippen LogP contribution in [0.25, 0.3) is 0 Å². The zero-order chi connectivity index (χ0) is 13.5. The zero-order valence-corrected chi connectivity index (χ0v) is 10.9. The standard InChI is InChI=1S/C12H19NO5/c1-12(2,3)18-11(16)13-5-4-7-8(13)6-17-9(7)10(14)15/h7-9H,4-6H2,1-3H3,(H,14,15). The van der Waals surface area contributed by atoms with Gasteiger partial charge in [-0.25, -0.2) is 9.59 Å². The van der Waals surface area contributed by atoms with E-state index in [0.29, 0.717) is 13.0 Å². The van der Waals surface area contributed by atoms with E-state index in [0.717, 1.165) is 0 Å². The third kappa shape index (κ3) is 2.43.